The van der Waals surface area contributed by atoms with E-state index in [0.717, 1.165) is 13.0 Å². The molecule has 0 bridgehead atoms. The van der Waals surface area contributed by atoms with Crippen LogP contribution < -0.4 is 10.1 Å². The van der Waals surface area contributed by atoms with Crippen LogP contribution in [-0.2, 0) is 15.9 Å². The Hall–Kier alpha value is -3.68. The van der Waals surface area contributed by atoms with E-state index in [-0.39, 0.29) is 16.3 Å². The highest BCUT2D eigenvalue weighted by Crippen LogP contribution is 2.35. The first-order chi connectivity index (χ1) is 15.3. The van der Waals surface area contributed by atoms with Crippen molar-refractivity contribution in [3.8, 4) is 11.8 Å². The number of anilines is 1. The second-order valence-corrected chi connectivity index (χ2v) is 9.08. The predicted molar refractivity (Wildman–Crippen MR) is 108 cm³/mol. The lowest BCUT2D eigenvalue weighted by atomic mass is 10.1. The van der Waals surface area contributed by atoms with Crippen LogP contribution in [0, 0.1) is 24.4 Å². The minimum Gasteiger partial charge on any atom is -0.414 e. The number of carbonyl (C=O) groups is 1. The molecule has 174 valence electrons. The van der Waals surface area contributed by atoms with Crippen molar-refractivity contribution in [3.63, 3.8) is 0 Å². The molecule has 0 aliphatic heterocycles. The highest BCUT2D eigenvalue weighted by molar-refractivity contribution is 7.91. The molecule has 0 saturated heterocycles. The number of alkyl halides is 3. The number of aryl methyl sites for hydroxylation is 1. The highest BCUT2D eigenvalue weighted by Gasteiger charge is 2.38. The normalized spacial score (nSPS) is 13.3. The summed E-state index contributed by atoms with van der Waals surface area (Å²) in [7, 11) is -3.12. The van der Waals surface area contributed by atoms with Gasteiger partial charge in [0.05, 0.1) is 15.4 Å². The van der Waals surface area contributed by atoms with Crippen molar-refractivity contribution in [2.45, 2.75) is 24.9 Å². The molecule has 0 radical (unpaired) electrons. The van der Waals surface area contributed by atoms with E-state index in [0.29, 0.717) is 0 Å². The van der Waals surface area contributed by atoms with Gasteiger partial charge < -0.3 is 10.1 Å². The summed E-state index contributed by atoms with van der Waals surface area (Å²) in [6.07, 6.45) is -3.76. The topological polar surface area (TPSA) is 131 Å². The standard InChI is InChI=1S/C19H16F4N6O3S/c1-9-7-13(20)17(28-26-9)32-18-14(10(2)15(27-29-18)19(21,22)23)16(30)25-11-5-4-6-12(8-11)33(3,24)31/h4-8,24H,1-3H3,(H,25,30). The van der Waals surface area contributed by atoms with Gasteiger partial charge in [-0.1, -0.05) is 6.07 Å². The van der Waals surface area contributed by atoms with E-state index < -0.39 is 56.2 Å². The summed E-state index contributed by atoms with van der Waals surface area (Å²) >= 11 is 0. The maximum atomic E-state index is 14.1. The third kappa shape index (κ3) is 5.39. The van der Waals surface area contributed by atoms with Crippen LogP contribution in [0.1, 0.15) is 27.3 Å². The first-order valence-electron chi connectivity index (χ1n) is 9.04. The second-order valence-electron chi connectivity index (χ2n) is 6.92. The van der Waals surface area contributed by atoms with Crippen molar-refractivity contribution < 1.29 is 31.3 Å². The molecule has 0 fully saturated rings. The number of hydrogen-bond donors (Lipinski definition) is 2. The summed E-state index contributed by atoms with van der Waals surface area (Å²) in [5.74, 6) is -3.52. The summed E-state index contributed by atoms with van der Waals surface area (Å²) in [6.45, 7) is 2.44. The van der Waals surface area contributed by atoms with Crippen LogP contribution in [0.4, 0.5) is 23.2 Å². The molecule has 0 aliphatic carbocycles. The molecule has 1 unspecified atom stereocenters. The Morgan fingerprint density at radius 2 is 1.76 bits per heavy atom. The molecule has 14 heteroatoms. The minimum absolute atomic E-state index is 0.0522. The van der Waals surface area contributed by atoms with Gasteiger partial charge in [-0.25, -0.2) is 13.4 Å². The van der Waals surface area contributed by atoms with Crippen molar-refractivity contribution in [3.05, 3.63) is 58.7 Å². The van der Waals surface area contributed by atoms with Crippen LogP contribution in [0.15, 0.2) is 35.2 Å². The maximum Gasteiger partial charge on any atom is 0.435 e. The number of aromatic nitrogens is 4. The monoisotopic (exact) mass is 484 g/mol. The Balaban J connectivity index is 2.08. The molecular formula is C19H16F4N6O3S. The van der Waals surface area contributed by atoms with Crippen molar-refractivity contribution >= 4 is 21.3 Å². The van der Waals surface area contributed by atoms with Crippen LogP contribution in [-0.4, -0.2) is 36.8 Å². The molecule has 3 rings (SSSR count). The van der Waals surface area contributed by atoms with E-state index in [1.54, 1.807) is 0 Å². The van der Waals surface area contributed by atoms with Gasteiger partial charge in [-0.2, -0.15) is 18.3 Å². The van der Waals surface area contributed by atoms with Crippen molar-refractivity contribution in [2.24, 2.45) is 0 Å². The number of carbonyl (C=O) groups excluding carboxylic acids is 1. The molecule has 2 aromatic heterocycles. The third-order valence-electron chi connectivity index (χ3n) is 4.25. The fraction of sp³-hybridized carbons (Fsp3) is 0.211. The van der Waals surface area contributed by atoms with Gasteiger partial charge in [-0.05, 0) is 37.6 Å². The quantitative estimate of drug-likeness (QED) is 0.521. The van der Waals surface area contributed by atoms with Gasteiger partial charge in [0.1, 0.15) is 5.56 Å². The molecule has 0 aliphatic rings. The summed E-state index contributed by atoms with van der Waals surface area (Å²) in [5, 5.41) is 15.8. The summed E-state index contributed by atoms with van der Waals surface area (Å²) in [5.41, 5.74) is -2.47. The van der Waals surface area contributed by atoms with Crippen molar-refractivity contribution in [2.75, 3.05) is 11.6 Å². The van der Waals surface area contributed by atoms with Gasteiger partial charge in [0, 0.05) is 22.9 Å². The molecule has 1 atom stereocenters. The molecule has 33 heavy (non-hydrogen) atoms. The van der Waals surface area contributed by atoms with Crippen molar-refractivity contribution in [1.29, 1.82) is 4.78 Å². The van der Waals surface area contributed by atoms with Gasteiger partial charge in [0.15, 0.2) is 11.5 Å². The fourth-order valence-electron chi connectivity index (χ4n) is 2.72. The van der Waals surface area contributed by atoms with Crippen LogP contribution in [0.25, 0.3) is 0 Å². The Kier molecular flexibility index (Phi) is 6.31. The zero-order chi connectivity index (χ0) is 24.6. The average molecular weight is 484 g/mol. The number of amides is 1. The lowest BCUT2D eigenvalue weighted by Gasteiger charge is -2.16. The Bertz CT molecular complexity index is 1350. The molecule has 0 saturated carbocycles. The SMILES string of the molecule is Cc1cc(F)c(Oc2nnc(C(F)(F)F)c(C)c2C(=O)Nc2cccc(S(C)(=N)=O)c2)nn1. The van der Waals surface area contributed by atoms with Crippen LogP contribution in [0.2, 0.25) is 0 Å². The van der Waals surface area contributed by atoms with Gasteiger partial charge in [-0.15, -0.1) is 15.3 Å². The van der Waals surface area contributed by atoms with E-state index in [2.05, 4.69) is 25.7 Å². The van der Waals surface area contributed by atoms with Gasteiger partial charge in [0.25, 0.3) is 17.7 Å². The van der Waals surface area contributed by atoms with E-state index in [4.69, 9.17) is 9.52 Å². The predicted octanol–water partition coefficient (Wildman–Crippen LogP) is 4.12. The summed E-state index contributed by atoms with van der Waals surface area (Å²) < 4.78 is 79.0. The number of hydrogen-bond acceptors (Lipinski definition) is 8. The zero-order valence-electron chi connectivity index (χ0n) is 17.3. The number of benzene rings is 1. The smallest absolute Gasteiger partial charge is 0.414 e. The molecule has 2 heterocycles. The fourth-order valence-corrected chi connectivity index (χ4v) is 3.41. The lowest BCUT2D eigenvalue weighted by molar-refractivity contribution is -0.142. The highest BCUT2D eigenvalue weighted by atomic mass is 32.2. The molecule has 1 aromatic carbocycles. The minimum atomic E-state index is -4.93. The molecule has 1 amide bonds. The second kappa shape index (κ2) is 8.69. The first kappa shape index (κ1) is 24.0. The van der Waals surface area contributed by atoms with E-state index in [1.165, 1.54) is 37.4 Å². The molecule has 3 aromatic rings. The average Bonchev–Trinajstić information content (AvgIpc) is 2.68. The Labute approximate surface area is 185 Å². The molecule has 0 spiro atoms. The van der Waals surface area contributed by atoms with Gasteiger partial charge in [0.2, 0.25) is 0 Å². The molecule has 2 N–H and O–H groups in total. The van der Waals surface area contributed by atoms with Crippen molar-refractivity contribution in [1.82, 2.24) is 20.4 Å². The maximum absolute atomic E-state index is 14.1. The number of halogens is 4. The summed E-state index contributed by atoms with van der Waals surface area (Å²) in [4.78, 5) is 13.0. The van der Waals surface area contributed by atoms with Crippen LogP contribution >= 0.6 is 0 Å². The number of nitrogens with zero attached hydrogens (tertiary/aromatic N) is 4. The Morgan fingerprint density at radius 1 is 1.09 bits per heavy atom. The van der Waals surface area contributed by atoms with E-state index >= 15 is 0 Å². The number of rotatable bonds is 5. The van der Waals surface area contributed by atoms with Gasteiger partial charge >= 0.3 is 6.18 Å². The van der Waals surface area contributed by atoms with E-state index in [9.17, 15) is 26.6 Å². The molecular weight excluding hydrogens is 468 g/mol. The third-order valence-corrected chi connectivity index (χ3v) is 5.41. The lowest BCUT2D eigenvalue weighted by Crippen LogP contribution is -2.21. The zero-order valence-corrected chi connectivity index (χ0v) is 18.1. The van der Waals surface area contributed by atoms with Crippen LogP contribution in [0.3, 0.4) is 0 Å². The largest absolute Gasteiger partial charge is 0.435 e. The molecule has 9 nitrogen and oxygen atoms in total. The summed E-state index contributed by atoms with van der Waals surface area (Å²) in [6, 6.07) is 6.41. The number of nitrogens with one attached hydrogen (secondary N) is 2. The van der Waals surface area contributed by atoms with Gasteiger partial charge in [-0.3, -0.25) is 4.79 Å². The Morgan fingerprint density at radius 3 is 2.36 bits per heavy atom. The first-order valence-corrected chi connectivity index (χ1v) is 11.0. The van der Waals surface area contributed by atoms with E-state index in [1.807, 2.05) is 0 Å². The van der Waals surface area contributed by atoms with Crippen LogP contribution in [0.5, 0.6) is 11.8 Å². The number of ether oxygens (including phenoxy) is 1.